The summed E-state index contributed by atoms with van der Waals surface area (Å²) >= 11 is 5.31. The Morgan fingerprint density at radius 3 is 2.45 bits per heavy atom. The number of thiocarbonyl (C=S) groups is 1. The minimum absolute atomic E-state index is 0.0420. The number of para-hydroxylation sites is 2. The molecule has 0 aliphatic carbocycles. The molecule has 1 aromatic heterocycles. The quantitative estimate of drug-likeness (QED) is 0.410. The zero-order valence-electron chi connectivity index (χ0n) is 15.8. The molecule has 1 fully saturated rings. The summed E-state index contributed by atoms with van der Waals surface area (Å²) < 4.78 is 1.92. The molecular weight excluding hydrogens is 382 g/mol. The van der Waals surface area contributed by atoms with Crippen molar-refractivity contribution < 1.29 is 9.59 Å². The number of aryl methyl sites for hydroxylation is 1. The second kappa shape index (κ2) is 7.85. The molecule has 6 heteroatoms. The summed E-state index contributed by atoms with van der Waals surface area (Å²) in [6.45, 7) is 2.01. The van der Waals surface area contributed by atoms with E-state index in [0.29, 0.717) is 5.69 Å². The van der Waals surface area contributed by atoms with E-state index < -0.39 is 11.8 Å². The molecule has 2 heterocycles. The van der Waals surface area contributed by atoms with E-state index >= 15 is 0 Å². The van der Waals surface area contributed by atoms with Crippen LogP contribution >= 0.6 is 12.2 Å². The summed E-state index contributed by atoms with van der Waals surface area (Å²) in [6, 6.07) is 21.0. The van der Waals surface area contributed by atoms with Crippen molar-refractivity contribution in [3.8, 4) is 5.69 Å². The minimum Gasteiger partial charge on any atom is -0.317 e. The number of carbonyl (C=O) groups is 2. The lowest BCUT2D eigenvalue weighted by Crippen LogP contribution is -2.54. The van der Waals surface area contributed by atoms with Crippen LogP contribution in [0, 0.1) is 0 Å². The fourth-order valence-electron chi connectivity index (χ4n) is 3.39. The Labute approximate surface area is 174 Å². The van der Waals surface area contributed by atoms with Gasteiger partial charge in [-0.25, -0.2) is 0 Å². The van der Waals surface area contributed by atoms with Crippen molar-refractivity contribution in [3.63, 3.8) is 0 Å². The molecule has 0 unspecified atom stereocenters. The van der Waals surface area contributed by atoms with Gasteiger partial charge < -0.3 is 4.57 Å². The van der Waals surface area contributed by atoms with E-state index in [0.717, 1.165) is 23.4 Å². The van der Waals surface area contributed by atoms with Crippen LogP contribution in [0.4, 0.5) is 5.69 Å². The Hall–Kier alpha value is -3.51. The van der Waals surface area contributed by atoms with Crippen LogP contribution < -0.4 is 10.2 Å². The van der Waals surface area contributed by atoms with Crippen molar-refractivity contribution in [3.05, 3.63) is 89.8 Å². The lowest BCUT2D eigenvalue weighted by atomic mass is 10.1. The number of benzene rings is 2. The van der Waals surface area contributed by atoms with Gasteiger partial charge in [0.2, 0.25) is 0 Å². The highest BCUT2D eigenvalue weighted by Crippen LogP contribution is 2.26. The van der Waals surface area contributed by atoms with E-state index in [1.165, 1.54) is 4.90 Å². The van der Waals surface area contributed by atoms with Crippen LogP contribution in [0.1, 0.15) is 18.2 Å². The summed E-state index contributed by atoms with van der Waals surface area (Å²) in [7, 11) is 0. The lowest BCUT2D eigenvalue weighted by Gasteiger charge is -2.30. The molecule has 3 aromatic rings. The number of hydrogen-bond acceptors (Lipinski definition) is 3. The number of carbonyl (C=O) groups excluding carboxylic acids is 2. The van der Waals surface area contributed by atoms with Crippen molar-refractivity contribution >= 4 is 40.9 Å². The zero-order valence-corrected chi connectivity index (χ0v) is 16.6. The van der Waals surface area contributed by atoms with Gasteiger partial charge >= 0.3 is 0 Å². The average molecular weight is 401 g/mol. The molecule has 1 aliphatic heterocycles. The Morgan fingerprint density at radius 1 is 0.966 bits per heavy atom. The van der Waals surface area contributed by atoms with Crippen LogP contribution in [0.3, 0.4) is 0 Å². The first kappa shape index (κ1) is 18.8. The standard InChI is InChI=1S/C23H19N3O2S/c1-2-16-9-6-7-13-20(16)26-22(28)19(21(27)24-23(26)29)15-18-12-8-14-25(18)17-10-4-3-5-11-17/h3-15H,2H2,1H3,(H,24,27,29)/b19-15-. The Bertz CT molecular complexity index is 1130. The largest absolute Gasteiger partial charge is 0.317 e. The van der Waals surface area contributed by atoms with Gasteiger partial charge in [0, 0.05) is 17.6 Å². The lowest BCUT2D eigenvalue weighted by molar-refractivity contribution is -0.122. The van der Waals surface area contributed by atoms with E-state index in [4.69, 9.17) is 12.2 Å². The number of aromatic nitrogens is 1. The molecule has 1 N–H and O–H groups in total. The van der Waals surface area contributed by atoms with Crippen LogP contribution in [0.25, 0.3) is 11.8 Å². The second-order valence-electron chi connectivity index (χ2n) is 6.58. The molecular formula is C23H19N3O2S. The molecule has 0 radical (unpaired) electrons. The molecule has 0 spiro atoms. The summed E-state index contributed by atoms with van der Waals surface area (Å²) in [4.78, 5) is 27.3. The average Bonchev–Trinajstić information content (AvgIpc) is 3.20. The first-order chi connectivity index (χ1) is 14.1. The van der Waals surface area contributed by atoms with Crippen molar-refractivity contribution in [2.45, 2.75) is 13.3 Å². The van der Waals surface area contributed by atoms with E-state index in [1.54, 1.807) is 6.08 Å². The van der Waals surface area contributed by atoms with Gasteiger partial charge in [0.15, 0.2) is 5.11 Å². The molecule has 5 nitrogen and oxygen atoms in total. The van der Waals surface area contributed by atoms with Gasteiger partial charge in [-0.3, -0.25) is 19.8 Å². The van der Waals surface area contributed by atoms with Gasteiger partial charge in [-0.1, -0.05) is 43.3 Å². The molecule has 0 bridgehead atoms. The van der Waals surface area contributed by atoms with Crippen LogP contribution in [-0.2, 0) is 16.0 Å². The van der Waals surface area contributed by atoms with E-state index in [1.807, 2.05) is 84.4 Å². The minimum atomic E-state index is -0.494. The van der Waals surface area contributed by atoms with Crippen LogP contribution in [0.15, 0.2) is 78.5 Å². The van der Waals surface area contributed by atoms with Gasteiger partial charge in [-0.05, 0) is 60.6 Å². The normalized spacial score (nSPS) is 15.7. The molecule has 1 saturated heterocycles. The molecule has 0 saturated carbocycles. The number of hydrogen-bond donors (Lipinski definition) is 1. The number of nitrogens with zero attached hydrogens (tertiary/aromatic N) is 2. The fourth-order valence-corrected chi connectivity index (χ4v) is 3.66. The number of anilines is 1. The third-order valence-corrected chi connectivity index (χ3v) is 5.11. The molecule has 144 valence electrons. The third-order valence-electron chi connectivity index (χ3n) is 4.82. The Kier molecular flexibility index (Phi) is 5.10. The number of rotatable bonds is 4. The van der Waals surface area contributed by atoms with Crippen LogP contribution in [-0.4, -0.2) is 21.5 Å². The third kappa shape index (κ3) is 3.50. The van der Waals surface area contributed by atoms with Crippen molar-refractivity contribution in [2.24, 2.45) is 0 Å². The monoisotopic (exact) mass is 401 g/mol. The summed E-state index contributed by atoms with van der Waals surface area (Å²) in [5.74, 6) is -0.925. The zero-order chi connectivity index (χ0) is 20.4. The van der Waals surface area contributed by atoms with Crippen molar-refractivity contribution in [2.75, 3.05) is 4.90 Å². The van der Waals surface area contributed by atoms with Crippen LogP contribution in [0.5, 0.6) is 0 Å². The van der Waals surface area contributed by atoms with Crippen molar-refractivity contribution in [1.82, 2.24) is 9.88 Å². The molecule has 29 heavy (non-hydrogen) atoms. The van der Waals surface area contributed by atoms with Crippen molar-refractivity contribution in [1.29, 1.82) is 0 Å². The first-order valence-corrected chi connectivity index (χ1v) is 9.73. The molecule has 1 aliphatic rings. The van der Waals surface area contributed by atoms with Gasteiger partial charge in [0.05, 0.1) is 5.69 Å². The van der Waals surface area contributed by atoms with Gasteiger partial charge in [-0.15, -0.1) is 0 Å². The Balaban J connectivity index is 1.77. The van der Waals surface area contributed by atoms with E-state index in [2.05, 4.69) is 5.32 Å². The van der Waals surface area contributed by atoms with Gasteiger partial charge in [0.25, 0.3) is 11.8 Å². The van der Waals surface area contributed by atoms with E-state index in [9.17, 15) is 9.59 Å². The maximum absolute atomic E-state index is 13.3. The SMILES string of the molecule is CCc1ccccc1N1C(=O)/C(=C\c2cccn2-c2ccccc2)C(=O)NC1=S. The maximum atomic E-state index is 13.3. The first-order valence-electron chi connectivity index (χ1n) is 9.32. The summed E-state index contributed by atoms with van der Waals surface area (Å²) in [5.41, 5.74) is 3.38. The number of amides is 2. The summed E-state index contributed by atoms with van der Waals surface area (Å²) in [5, 5.41) is 2.75. The predicted octanol–water partition coefficient (Wildman–Crippen LogP) is 3.87. The molecule has 2 amide bonds. The predicted molar refractivity (Wildman–Crippen MR) is 118 cm³/mol. The van der Waals surface area contributed by atoms with Gasteiger partial charge in [0.1, 0.15) is 5.57 Å². The van der Waals surface area contributed by atoms with E-state index in [-0.39, 0.29) is 10.7 Å². The number of nitrogens with one attached hydrogen (secondary N) is 1. The maximum Gasteiger partial charge on any atom is 0.270 e. The molecule has 2 aromatic carbocycles. The highest BCUT2D eigenvalue weighted by Gasteiger charge is 2.35. The highest BCUT2D eigenvalue weighted by molar-refractivity contribution is 7.80. The highest BCUT2D eigenvalue weighted by atomic mass is 32.1. The molecule has 4 rings (SSSR count). The second-order valence-corrected chi connectivity index (χ2v) is 6.97. The van der Waals surface area contributed by atoms with Gasteiger partial charge in [-0.2, -0.15) is 0 Å². The molecule has 0 atom stereocenters. The topological polar surface area (TPSA) is 54.3 Å². The fraction of sp³-hybridized carbons (Fsp3) is 0.0870. The summed E-state index contributed by atoms with van der Waals surface area (Å²) in [6.07, 6.45) is 4.24. The van der Waals surface area contributed by atoms with Crippen LogP contribution in [0.2, 0.25) is 0 Å². The smallest absolute Gasteiger partial charge is 0.270 e. The Morgan fingerprint density at radius 2 is 1.69 bits per heavy atom.